The number of rotatable bonds is 7. The van der Waals surface area contributed by atoms with Gasteiger partial charge in [0.1, 0.15) is 29.7 Å². The lowest BCUT2D eigenvalue weighted by Crippen LogP contribution is -2.37. The Hall–Kier alpha value is -1.51. The molecule has 1 aliphatic heterocycles. The normalized spacial score (nSPS) is 27.4. The van der Waals surface area contributed by atoms with Crippen molar-refractivity contribution in [1.29, 1.82) is 0 Å². The van der Waals surface area contributed by atoms with Gasteiger partial charge >= 0.3 is 7.60 Å². The molecule has 0 bridgehead atoms. The zero-order valence-corrected chi connectivity index (χ0v) is 16.5. The largest absolute Gasteiger partial charge is 0.857 e. The number of nitrogens with zero attached hydrogens (tertiary/aromatic N) is 4. The van der Waals surface area contributed by atoms with Crippen LogP contribution in [0.2, 0.25) is 0 Å². The predicted molar refractivity (Wildman–Crippen MR) is 87.5 cm³/mol. The van der Waals surface area contributed by atoms with Gasteiger partial charge in [-0.2, -0.15) is 12.9 Å². The highest BCUT2D eigenvalue weighted by Gasteiger charge is 2.46. The summed E-state index contributed by atoms with van der Waals surface area (Å²) < 4.78 is 28.3. The van der Waals surface area contributed by atoms with Crippen molar-refractivity contribution >= 4 is 32.7 Å². The second-order valence-corrected chi connectivity index (χ2v) is 10.0. The summed E-state index contributed by atoms with van der Waals surface area (Å²) >= 11 is 0. The average Bonchev–Trinajstić information content (AvgIpc) is 3.11. The van der Waals surface area contributed by atoms with Crippen molar-refractivity contribution in [3.05, 3.63) is 6.33 Å². The zero-order valence-electron chi connectivity index (χ0n) is 14.7. The molecule has 17 heteroatoms. The van der Waals surface area contributed by atoms with Crippen molar-refractivity contribution in [3.63, 3.8) is 0 Å². The average molecular weight is 452 g/mol. The van der Waals surface area contributed by atoms with Crippen LogP contribution in [0.25, 0.3) is 11.2 Å². The highest BCUT2D eigenvalue weighted by molar-refractivity contribution is 7.71. The summed E-state index contributed by atoms with van der Waals surface area (Å²) in [5.74, 6) is -2.64. The van der Waals surface area contributed by atoms with Gasteiger partial charge in [0.25, 0.3) is 0 Å². The number of methoxy groups -OCH3 is 1. The van der Waals surface area contributed by atoms with Crippen molar-refractivity contribution in [2.75, 3.05) is 25.4 Å². The van der Waals surface area contributed by atoms with E-state index < -0.39 is 58.5 Å². The smallest absolute Gasteiger partial charge is 0.363 e. The topological polar surface area (TPSA) is 247 Å². The number of aromatic nitrogens is 4. The molecule has 0 radical (unpaired) electrons. The maximum Gasteiger partial charge on any atom is 0.363 e. The molecule has 1 saturated heterocycles. The van der Waals surface area contributed by atoms with E-state index in [1.807, 2.05) is 0 Å². The van der Waals surface area contributed by atoms with Crippen LogP contribution in [-0.4, -0.2) is 67.5 Å². The van der Waals surface area contributed by atoms with Crippen LogP contribution in [0.4, 0.5) is 5.95 Å². The molecule has 3 rings (SSSR count). The first-order valence-corrected chi connectivity index (χ1v) is 11.4. The number of aliphatic hydroxyl groups is 1. The molecular weight excluding hydrogens is 436 g/mol. The molecule has 2 aromatic heterocycles. The van der Waals surface area contributed by atoms with Gasteiger partial charge in [-0.15, -0.1) is 0 Å². The van der Waals surface area contributed by atoms with Crippen LogP contribution in [-0.2, 0) is 18.6 Å². The van der Waals surface area contributed by atoms with Crippen LogP contribution in [0.5, 0.6) is 5.88 Å². The number of nitrogens with two attached hydrogens (primary N) is 1. The molecular formula is C12H16N5O10P2-3. The van der Waals surface area contributed by atoms with Crippen LogP contribution < -0.4 is 25.5 Å². The molecule has 4 N–H and O–H groups in total. The Morgan fingerprint density at radius 1 is 1.41 bits per heavy atom. The molecule has 162 valence electrons. The van der Waals surface area contributed by atoms with Gasteiger partial charge in [0.15, 0.2) is 11.9 Å². The van der Waals surface area contributed by atoms with Crippen LogP contribution in [0, 0.1) is 0 Å². The second-order valence-electron chi connectivity index (χ2n) is 6.15. The van der Waals surface area contributed by atoms with E-state index >= 15 is 0 Å². The Morgan fingerprint density at radius 3 is 2.72 bits per heavy atom. The first-order chi connectivity index (χ1) is 13.4. The number of imidazole rings is 1. The van der Waals surface area contributed by atoms with Crippen LogP contribution >= 0.6 is 15.5 Å². The van der Waals surface area contributed by atoms with E-state index in [4.69, 9.17) is 15.2 Å². The summed E-state index contributed by atoms with van der Waals surface area (Å²) in [5.41, 5.74) is 5.33. The van der Waals surface area contributed by atoms with Crippen molar-refractivity contribution in [1.82, 2.24) is 19.5 Å². The third-order valence-electron chi connectivity index (χ3n) is 4.05. The molecule has 1 aliphatic rings. The maximum atomic E-state index is 11.8. The SMILES string of the molecule is CO[C@H]1[C@@H](O)[C@H](n2cnc3c([O-])nc(N)nc32)O[C@@H]1COP(=O)(O)C[P+]([O-])([O-])[O-]. The molecule has 2 aromatic rings. The zero-order chi connectivity index (χ0) is 21.6. The fourth-order valence-corrected chi connectivity index (χ4v) is 5.37. The summed E-state index contributed by atoms with van der Waals surface area (Å²) in [5, 5.41) is 22.4. The first-order valence-electron chi connectivity index (χ1n) is 7.92. The van der Waals surface area contributed by atoms with Gasteiger partial charge in [-0.25, -0.2) is 9.97 Å². The highest BCUT2D eigenvalue weighted by Crippen LogP contribution is 2.53. The lowest BCUT2D eigenvalue weighted by atomic mass is 10.1. The van der Waals surface area contributed by atoms with Crippen LogP contribution in [0.3, 0.4) is 0 Å². The molecule has 1 fully saturated rings. The Kier molecular flexibility index (Phi) is 6.09. The summed E-state index contributed by atoms with van der Waals surface area (Å²) in [6.45, 7) is -0.670. The monoisotopic (exact) mass is 452 g/mol. The van der Waals surface area contributed by atoms with Gasteiger partial charge in [0.05, 0.1) is 12.9 Å². The lowest BCUT2D eigenvalue weighted by Gasteiger charge is -2.42. The molecule has 1 unspecified atom stereocenters. The fraction of sp³-hybridized carbons (Fsp3) is 0.583. The summed E-state index contributed by atoms with van der Waals surface area (Å²) in [4.78, 5) is 52.8. The Labute approximate surface area is 163 Å². The second kappa shape index (κ2) is 7.96. The number of hydrogen-bond acceptors (Lipinski definition) is 13. The van der Waals surface area contributed by atoms with E-state index in [-0.39, 0.29) is 17.1 Å². The minimum atomic E-state index is -5.30. The van der Waals surface area contributed by atoms with E-state index in [0.29, 0.717) is 0 Å². The third-order valence-corrected chi connectivity index (χ3v) is 7.42. The standard InChI is InChI=1S/C12H19N5O10P2/c1-25-8-5(2-26-29(23,24)4-28(20,21)22)27-11(7(8)18)17-3-14-6-9(17)15-12(13)16-10(6)19/h3,5,7-8,11,18H,2,4H2,1H3,(H,23,24)(H2,20,21,22)(H3,13,15,16,19)/p-3/t5-,7-,8-,11-/m1/s1. The molecule has 0 aliphatic carbocycles. The van der Waals surface area contributed by atoms with Gasteiger partial charge in [0.2, 0.25) is 5.95 Å². The van der Waals surface area contributed by atoms with Gasteiger partial charge < -0.3 is 49.5 Å². The molecule has 0 saturated carbocycles. The number of nitrogen functional groups attached to an aromatic ring is 1. The molecule has 0 spiro atoms. The number of fused-ring (bicyclic) bond motifs is 1. The van der Waals surface area contributed by atoms with Crippen molar-refractivity contribution in [2.24, 2.45) is 0 Å². The van der Waals surface area contributed by atoms with E-state index in [1.165, 1.54) is 11.7 Å². The van der Waals surface area contributed by atoms with E-state index in [0.717, 1.165) is 6.33 Å². The molecule has 15 nitrogen and oxygen atoms in total. The maximum absolute atomic E-state index is 11.8. The minimum Gasteiger partial charge on any atom is -0.857 e. The molecule has 5 atom stereocenters. The van der Waals surface area contributed by atoms with Gasteiger partial charge in [0, 0.05) is 13.0 Å². The minimum absolute atomic E-state index is 0.0190. The van der Waals surface area contributed by atoms with Gasteiger partial charge in [-0.1, -0.05) is 0 Å². The summed E-state index contributed by atoms with van der Waals surface area (Å²) in [6, 6.07) is 0. The first kappa shape index (κ1) is 22.2. The quantitative estimate of drug-likeness (QED) is 0.337. The van der Waals surface area contributed by atoms with Crippen LogP contribution in [0.1, 0.15) is 6.23 Å². The molecule has 0 amide bonds. The lowest BCUT2D eigenvalue weighted by molar-refractivity contribution is -0.426. The van der Waals surface area contributed by atoms with Gasteiger partial charge in [-0.3, -0.25) is 9.13 Å². The summed E-state index contributed by atoms with van der Waals surface area (Å²) in [6.07, 6.45) is -3.61. The fourth-order valence-electron chi connectivity index (χ4n) is 2.92. The molecule has 0 aromatic carbocycles. The number of hydrogen-bond donors (Lipinski definition) is 3. The Morgan fingerprint density at radius 2 is 2.10 bits per heavy atom. The van der Waals surface area contributed by atoms with Crippen molar-refractivity contribution < 1.29 is 48.3 Å². The Bertz CT molecular complexity index is 936. The third kappa shape index (κ3) is 4.81. The van der Waals surface area contributed by atoms with Gasteiger partial charge in [-0.05, 0) is 0 Å². The molecule has 29 heavy (non-hydrogen) atoms. The Balaban J connectivity index is 1.81. The number of anilines is 1. The predicted octanol–water partition coefficient (Wildman–Crippen LogP) is -4.24. The van der Waals surface area contributed by atoms with Crippen LogP contribution in [0.15, 0.2) is 6.33 Å². The van der Waals surface area contributed by atoms with Crippen molar-refractivity contribution in [2.45, 2.75) is 24.5 Å². The van der Waals surface area contributed by atoms with Crippen molar-refractivity contribution in [3.8, 4) is 5.88 Å². The van der Waals surface area contributed by atoms with E-state index in [9.17, 15) is 34.4 Å². The van der Waals surface area contributed by atoms with E-state index in [1.54, 1.807) is 0 Å². The summed E-state index contributed by atoms with van der Waals surface area (Å²) in [7, 11) is -8.82. The molecule has 3 heterocycles. The number of ether oxygens (including phenoxy) is 2. The van der Waals surface area contributed by atoms with E-state index in [2.05, 4.69) is 19.5 Å². The number of aliphatic hydroxyl groups excluding tert-OH is 1. The highest BCUT2D eigenvalue weighted by atomic mass is 31.3.